The predicted octanol–water partition coefficient (Wildman–Crippen LogP) is 5.15. The largest absolute Gasteiger partial charge is 0.369 e. The molecular weight excluding hydrogens is 418 g/mol. The molecule has 0 radical (unpaired) electrons. The number of nitrogens with zero attached hydrogens (tertiary/aromatic N) is 1. The molecule has 0 spiro atoms. The molecule has 5 heteroatoms. The van der Waals surface area contributed by atoms with Gasteiger partial charge < -0.3 is 15.0 Å². The molecule has 1 aliphatic heterocycles. The lowest BCUT2D eigenvalue weighted by Crippen LogP contribution is -2.53. The lowest BCUT2D eigenvalue weighted by Gasteiger charge is -2.41. The van der Waals surface area contributed by atoms with Crippen molar-refractivity contribution in [3.8, 4) is 0 Å². The van der Waals surface area contributed by atoms with E-state index < -0.39 is 5.60 Å². The van der Waals surface area contributed by atoms with Gasteiger partial charge in [0.25, 0.3) is 0 Å². The fourth-order valence-corrected chi connectivity index (χ4v) is 4.89. The molecule has 0 aromatic heterocycles. The van der Waals surface area contributed by atoms with Crippen molar-refractivity contribution in [1.82, 2.24) is 10.2 Å². The van der Waals surface area contributed by atoms with Crippen molar-refractivity contribution in [3.63, 3.8) is 0 Å². The Balaban J connectivity index is 1.49. The first-order valence-corrected chi connectivity index (χ1v) is 11.7. The van der Waals surface area contributed by atoms with Gasteiger partial charge in [-0.05, 0) is 60.3 Å². The number of hydrogen-bond donors (Lipinski definition) is 1. The van der Waals surface area contributed by atoms with Crippen molar-refractivity contribution in [2.24, 2.45) is 0 Å². The molecule has 174 valence electrons. The summed E-state index contributed by atoms with van der Waals surface area (Å²) >= 11 is 0. The topological polar surface area (TPSA) is 24.5 Å². The normalized spacial score (nSPS) is 17.2. The van der Waals surface area contributed by atoms with Gasteiger partial charge in [-0.1, -0.05) is 54.6 Å². The molecule has 1 unspecified atom stereocenters. The third-order valence-corrected chi connectivity index (χ3v) is 6.63. The first-order valence-electron chi connectivity index (χ1n) is 11.7. The Labute approximate surface area is 195 Å². The van der Waals surface area contributed by atoms with E-state index in [4.69, 9.17) is 4.74 Å². The Morgan fingerprint density at radius 1 is 0.909 bits per heavy atom. The van der Waals surface area contributed by atoms with Crippen LogP contribution < -0.4 is 5.32 Å². The van der Waals surface area contributed by atoms with Gasteiger partial charge in [-0.3, -0.25) is 0 Å². The Hall–Kier alpha value is -2.60. The molecule has 0 amide bonds. The van der Waals surface area contributed by atoms with Crippen LogP contribution in [0.15, 0.2) is 78.9 Å². The minimum Gasteiger partial charge on any atom is -0.369 e. The van der Waals surface area contributed by atoms with Gasteiger partial charge in [0, 0.05) is 39.2 Å². The Morgan fingerprint density at radius 2 is 1.52 bits per heavy atom. The van der Waals surface area contributed by atoms with Crippen LogP contribution in [0.4, 0.5) is 8.78 Å². The molecule has 1 heterocycles. The van der Waals surface area contributed by atoms with Crippen LogP contribution in [0.1, 0.15) is 29.5 Å². The highest BCUT2D eigenvalue weighted by molar-refractivity contribution is 5.37. The fraction of sp³-hybridized carbons (Fsp3) is 0.357. The van der Waals surface area contributed by atoms with Crippen LogP contribution >= 0.6 is 0 Å². The first-order chi connectivity index (χ1) is 16.1. The van der Waals surface area contributed by atoms with Gasteiger partial charge >= 0.3 is 0 Å². The quantitative estimate of drug-likeness (QED) is 0.488. The van der Waals surface area contributed by atoms with E-state index in [1.807, 2.05) is 0 Å². The van der Waals surface area contributed by atoms with Crippen molar-refractivity contribution in [2.45, 2.75) is 30.9 Å². The number of rotatable bonds is 9. The van der Waals surface area contributed by atoms with Gasteiger partial charge in [-0.15, -0.1) is 0 Å². The average Bonchev–Trinajstić information content (AvgIpc) is 2.85. The molecule has 4 rings (SSSR count). The van der Waals surface area contributed by atoms with Crippen molar-refractivity contribution in [2.75, 3.05) is 33.3 Å². The molecule has 0 saturated carbocycles. The summed E-state index contributed by atoms with van der Waals surface area (Å²) in [5.74, 6) is -0.577. The molecule has 1 saturated heterocycles. The standard InChI is InChI=1S/C28H32F2N2O/c1-33-28(23-9-13-25(29)14-10-23,24-11-15-26(30)16-12-24)20-27-21-32(19-17-31-27)18-5-8-22-6-3-2-4-7-22/h2-4,6-7,9-16,27,31H,5,8,17-21H2,1H3. The summed E-state index contributed by atoms with van der Waals surface area (Å²) < 4.78 is 33.5. The van der Waals surface area contributed by atoms with Crippen LogP contribution in [-0.2, 0) is 16.8 Å². The molecule has 0 bridgehead atoms. The van der Waals surface area contributed by atoms with Crippen molar-refractivity contribution >= 4 is 0 Å². The number of piperazine rings is 1. The summed E-state index contributed by atoms with van der Waals surface area (Å²) in [5, 5.41) is 3.64. The monoisotopic (exact) mass is 450 g/mol. The van der Waals surface area contributed by atoms with E-state index in [0.29, 0.717) is 6.42 Å². The van der Waals surface area contributed by atoms with E-state index in [0.717, 1.165) is 50.1 Å². The molecule has 3 nitrogen and oxygen atoms in total. The molecule has 1 aliphatic rings. The van der Waals surface area contributed by atoms with E-state index in [2.05, 4.69) is 40.5 Å². The lowest BCUT2D eigenvalue weighted by atomic mass is 9.80. The molecule has 33 heavy (non-hydrogen) atoms. The molecule has 1 N–H and O–H groups in total. The highest BCUT2D eigenvalue weighted by atomic mass is 19.1. The van der Waals surface area contributed by atoms with Gasteiger partial charge in [0.15, 0.2) is 0 Å². The average molecular weight is 451 g/mol. The van der Waals surface area contributed by atoms with Gasteiger partial charge in [-0.25, -0.2) is 8.78 Å². The predicted molar refractivity (Wildman–Crippen MR) is 128 cm³/mol. The van der Waals surface area contributed by atoms with Crippen LogP contribution in [0, 0.1) is 11.6 Å². The van der Waals surface area contributed by atoms with Crippen LogP contribution in [0.3, 0.4) is 0 Å². The summed E-state index contributed by atoms with van der Waals surface area (Å²) in [4.78, 5) is 2.50. The summed E-state index contributed by atoms with van der Waals surface area (Å²) in [6.45, 7) is 3.86. The molecular formula is C28H32F2N2O. The van der Waals surface area contributed by atoms with E-state index in [1.54, 1.807) is 31.4 Å². The third kappa shape index (κ3) is 5.85. The minimum absolute atomic E-state index is 0.186. The number of ether oxygens (including phenoxy) is 1. The number of nitrogens with one attached hydrogen (secondary N) is 1. The maximum Gasteiger partial charge on any atom is 0.123 e. The highest BCUT2D eigenvalue weighted by Gasteiger charge is 2.38. The second-order valence-corrected chi connectivity index (χ2v) is 8.79. The summed E-state index contributed by atoms with van der Waals surface area (Å²) in [6, 6.07) is 23.7. The van der Waals surface area contributed by atoms with E-state index >= 15 is 0 Å². The van der Waals surface area contributed by atoms with Gasteiger partial charge in [0.05, 0.1) is 0 Å². The van der Waals surface area contributed by atoms with E-state index in [-0.39, 0.29) is 17.7 Å². The zero-order valence-corrected chi connectivity index (χ0v) is 19.1. The summed E-state index contributed by atoms with van der Waals surface area (Å²) in [6.07, 6.45) is 2.85. The van der Waals surface area contributed by atoms with Crippen LogP contribution in [0.5, 0.6) is 0 Å². The zero-order chi connectivity index (χ0) is 23.1. The van der Waals surface area contributed by atoms with Crippen LogP contribution in [0.25, 0.3) is 0 Å². The minimum atomic E-state index is -0.799. The zero-order valence-electron chi connectivity index (χ0n) is 19.1. The molecule has 0 aliphatic carbocycles. The molecule has 3 aromatic rings. The number of methoxy groups -OCH3 is 1. The fourth-order valence-electron chi connectivity index (χ4n) is 4.89. The third-order valence-electron chi connectivity index (χ3n) is 6.63. The van der Waals surface area contributed by atoms with E-state index in [1.165, 1.54) is 29.8 Å². The Bertz CT molecular complexity index is 947. The second kappa shape index (κ2) is 11.0. The van der Waals surface area contributed by atoms with Crippen molar-refractivity contribution in [3.05, 3.63) is 107 Å². The maximum absolute atomic E-state index is 13.7. The lowest BCUT2D eigenvalue weighted by molar-refractivity contribution is -0.00101. The Kier molecular flexibility index (Phi) is 7.86. The number of hydrogen-bond acceptors (Lipinski definition) is 3. The summed E-state index contributed by atoms with van der Waals surface area (Å²) in [7, 11) is 1.67. The maximum atomic E-state index is 13.7. The number of benzene rings is 3. The smallest absolute Gasteiger partial charge is 0.123 e. The summed E-state index contributed by atoms with van der Waals surface area (Å²) in [5.41, 5.74) is 2.30. The van der Waals surface area contributed by atoms with Gasteiger partial charge in [0.2, 0.25) is 0 Å². The van der Waals surface area contributed by atoms with Gasteiger partial charge in [-0.2, -0.15) is 0 Å². The van der Waals surface area contributed by atoms with Crippen molar-refractivity contribution < 1.29 is 13.5 Å². The highest BCUT2D eigenvalue weighted by Crippen LogP contribution is 2.38. The number of halogens is 2. The second-order valence-electron chi connectivity index (χ2n) is 8.79. The first kappa shape index (κ1) is 23.6. The van der Waals surface area contributed by atoms with Crippen molar-refractivity contribution in [1.29, 1.82) is 0 Å². The van der Waals surface area contributed by atoms with Crippen LogP contribution in [-0.4, -0.2) is 44.2 Å². The van der Waals surface area contributed by atoms with Crippen LogP contribution in [0.2, 0.25) is 0 Å². The molecule has 1 atom stereocenters. The molecule has 3 aromatic carbocycles. The number of aryl methyl sites for hydroxylation is 1. The van der Waals surface area contributed by atoms with E-state index in [9.17, 15) is 8.78 Å². The Morgan fingerprint density at radius 3 is 2.09 bits per heavy atom. The molecule has 1 fully saturated rings. The van der Waals surface area contributed by atoms with Gasteiger partial charge in [0.1, 0.15) is 17.2 Å². The SMILES string of the molecule is COC(CC1CN(CCCc2ccccc2)CCN1)(c1ccc(F)cc1)c1ccc(F)cc1.